The Hall–Kier alpha value is -3.87. The van der Waals surface area contributed by atoms with Gasteiger partial charge in [-0.2, -0.15) is 0 Å². The Kier molecular flexibility index (Phi) is 5.24. The van der Waals surface area contributed by atoms with Gasteiger partial charge >= 0.3 is 0 Å². The Morgan fingerprint density at radius 1 is 1.09 bits per heavy atom. The van der Waals surface area contributed by atoms with E-state index in [-0.39, 0.29) is 24.1 Å². The monoisotopic (exact) mass is 441 g/mol. The molecule has 0 unspecified atom stereocenters. The molecule has 1 aliphatic heterocycles. The van der Waals surface area contributed by atoms with Gasteiger partial charge in [-0.3, -0.25) is 9.69 Å². The third kappa shape index (κ3) is 3.80. The fourth-order valence-electron chi connectivity index (χ4n) is 4.33. The number of halogens is 1. The zero-order valence-electron chi connectivity index (χ0n) is 18.8. The van der Waals surface area contributed by atoms with Crippen molar-refractivity contribution in [2.45, 2.75) is 32.7 Å². The van der Waals surface area contributed by atoms with Crippen LogP contribution in [-0.4, -0.2) is 25.4 Å². The minimum absolute atomic E-state index is 0.0204. The molecule has 2 aromatic heterocycles. The average Bonchev–Trinajstić information content (AvgIpc) is 3.36. The molecule has 0 N–H and O–H groups in total. The lowest BCUT2D eigenvalue weighted by Gasteiger charge is -2.18. The lowest BCUT2D eigenvalue weighted by atomic mass is 9.96. The normalized spacial score (nSPS) is 13.1. The summed E-state index contributed by atoms with van der Waals surface area (Å²) in [6.45, 7) is 4.29. The highest BCUT2D eigenvalue weighted by Gasteiger charge is 2.30. The van der Waals surface area contributed by atoms with Gasteiger partial charge in [0.1, 0.15) is 17.5 Å². The molecule has 5 rings (SSSR count). The zero-order chi connectivity index (χ0) is 23.1. The number of carbonyl (C=O) groups excluding carboxylic acids is 1. The van der Waals surface area contributed by atoms with Crippen LogP contribution >= 0.6 is 0 Å². The lowest BCUT2D eigenvalue weighted by molar-refractivity contribution is -0.117. The van der Waals surface area contributed by atoms with Crippen molar-refractivity contribution in [2.75, 3.05) is 4.90 Å². The van der Waals surface area contributed by atoms with Crippen LogP contribution in [0.1, 0.15) is 36.5 Å². The summed E-state index contributed by atoms with van der Waals surface area (Å²) in [5.74, 6) is 1.60. The van der Waals surface area contributed by atoms with Crippen molar-refractivity contribution in [1.82, 2.24) is 19.5 Å². The van der Waals surface area contributed by atoms with Crippen molar-refractivity contribution in [3.8, 4) is 22.8 Å². The number of amides is 1. The molecular formula is C26H24FN5O. The molecule has 7 heteroatoms. The minimum Gasteiger partial charge on any atom is -0.334 e. The Morgan fingerprint density at radius 3 is 2.58 bits per heavy atom. The summed E-state index contributed by atoms with van der Waals surface area (Å²) in [6.07, 6.45) is 5.63. The summed E-state index contributed by atoms with van der Waals surface area (Å²) < 4.78 is 16.5. The van der Waals surface area contributed by atoms with Crippen molar-refractivity contribution in [1.29, 1.82) is 0 Å². The summed E-state index contributed by atoms with van der Waals surface area (Å²) in [4.78, 5) is 28.0. The van der Waals surface area contributed by atoms with E-state index in [1.165, 1.54) is 6.07 Å². The fourth-order valence-corrected chi connectivity index (χ4v) is 4.33. The van der Waals surface area contributed by atoms with Gasteiger partial charge in [-0.15, -0.1) is 0 Å². The second-order valence-electron chi connectivity index (χ2n) is 8.61. The van der Waals surface area contributed by atoms with Gasteiger partial charge in [0.15, 0.2) is 5.82 Å². The van der Waals surface area contributed by atoms with Gasteiger partial charge in [0.2, 0.25) is 5.91 Å². The molecule has 33 heavy (non-hydrogen) atoms. The molecule has 0 atom stereocenters. The second-order valence-corrected chi connectivity index (χ2v) is 8.61. The molecule has 0 bridgehead atoms. The SMILES string of the molecule is CC(C)c1c(F)cccc1-c1ncc2c(n1)N(Cc1ccc(-c3nccn3C)cc1)C(=O)C2. The highest BCUT2D eigenvalue weighted by molar-refractivity contribution is 6.00. The van der Waals surface area contributed by atoms with E-state index in [1.54, 1.807) is 23.4 Å². The van der Waals surface area contributed by atoms with Crippen LogP contribution in [-0.2, 0) is 24.8 Å². The van der Waals surface area contributed by atoms with E-state index >= 15 is 0 Å². The molecule has 1 amide bonds. The molecule has 4 aromatic rings. The van der Waals surface area contributed by atoms with Crippen LogP contribution in [0.4, 0.5) is 10.2 Å². The summed E-state index contributed by atoms with van der Waals surface area (Å²) in [5.41, 5.74) is 4.03. The van der Waals surface area contributed by atoms with E-state index in [9.17, 15) is 9.18 Å². The molecule has 0 radical (unpaired) electrons. The molecule has 0 saturated carbocycles. The number of carbonyl (C=O) groups is 1. The van der Waals surface area contributed by atoms with E-state index in [1.807, 2.05) is 62.0 Å². The zero-order valence-corrected chi connectivity index (χ0v) is 18.8. The number of hydrogen-bond acceptors (Lipinski definition) is 4. The Bertz CT molecular complexity index is 1340. The van der Waals surface area contributed by atoms with Gasteiger partial charge in [-0.25, -0.2) is 19.3 Å². The van der Waals surface area contributed by atoms with Crippen molar-refractivity contribution in [2.24, 2.45) is 7.05 Å². The van der Waals surface area contributed by atoms with E-state index in [4.69, 9.17) is 4.98 Å². The van der Waals surface area contributed by atoms with Gasteiger partial charge in [-0.05, 0) is 17.5 Å². The highest BCUT2D eigenvalue weighted by atomic mass is 19.1. The van der Waals surface area contributed by atoms with Gasteiger partial charge < -0.3 is 4.57 Å². The number of nitrogens with zero attached hydrogens (tertiary/aromatic N) is 5. The predicted octanol–water partition coefficient (Wildman–Crippen LogP) is 4.90. The largest absolute Gasteiger partial charge is 0.334 e. The number of rotatable bonds is 5. The van der Waals surface area contributed by atoms with E-state index in [0.717, 1.165) is 22.5 Å². The number of hydrogen-bond donors (Lipinski definition) is 0. The molecule has 0 fully saturated rings. The van der Waals surface area contributed by atoms with E-state index < -0.39 is 0 Å². The van der Waals surface area contributed by atoms with Crippen molar-refractivity contribution in [3.63, 3.8) is 0 Å². The quantitative estimate of drug-likeness (QED) is 0.442. The first kappa shape index (κ1) is 21.0. The molecular weight excluding hydrogens is 417 g/mol. The smallest absolute Gasteiger partial charge is 0.233 e. The van der Waals surface area contributed by atoms with E-state index in [0.29, 0.717) is 29.3 Å². The van der Waals surface area contributed by atoms with Crippen LogP contribution in [0.2, 0.25) is 0 Å². The maximum absolute atomic E-state index is 14.5. The summed E-state index contributed by atoms with van der Waals surface area (Å²) in [6, 6.07) is 13.0. The molecule has 6 nitrogen and oxygen atoms in total. The fraction of sp³-hybridized carbons (Fsp3) is 0.231. The van der Waals surface area contributed by atoms with Crippen LogP contribution in [0, 0.1) is 5.82 Å². The summed E-state index contributed by atoms with van der Waals surface area (Å²) >= 11 is 0. The standard InChI is InChI=1S/C26H24FN5O/c1-16(2)23-20(5-4-6-21(23)27)24-29-14-19-13-22(33)32(26(19)30-24)15-17-7-9-18(10-8-17)25-28-11-12-31(25)3/h4-12,14,16H,13,15H2,1-3H3. The summed E-state index contributed by atoms with van der Waals surface area (Å²) in [5, 5.41) is 0. The molecule has 166 valence electrons. The van der Waals surface area contributed by atoms with Gasteiger partial charge in [0.25, 0.3) is 0 Å². The number of anilines is 1. The number of aromatic nitrogens is 4. The third-order valence-electron chi connectivity index (χ3n) is 5.99. The third-order valence-corrected chi connectivity index (χ3v) is 5.99. The molecule has 0 spiro atoms. The first-order chi connectivity index (χ1) is 15.9. The topological polar surface area (TPSA) is 63.9 Å². The first-order valence-corrected chi connectivity index (χ1v) is 10.9. The highest BCUT2D eigenvalue weighted by Crippen LogP contribution is 2.34. The summed E-state index contributed by atoms with van der Waals surface area (Å²) in [7, 11) is 1.96. The van der Waals surface area contributed by atoms with Gasteiger partial charge in [0.05, 0.1) is 13.0 Å². The Balaban J connectivity index is 1.46. The first-order valence-electron chi connectivity index (χ1n) is 10.9. The van der Waals surface area contributed by atoms with E-state index in [2.05, 4.69) is 9.97 Å². The average molecular weight is 442 g/mol. The van der Waals surface area contributed by atoms with Crippen molar-refractivity contribution >= 4 is 11.7 Å². The molecule has 3 heterocycles. The molecule has 0 saturated heterocycles. The van der Waals surface area contributed by atoms with Crippen LogP contribution in [0.15, 0.2) is 61.1 Å². The second kappa shape index (κ2) is 8.24. The number of imidazole rings is 1. The van der Waals surface area contributed by atoms with Crippen LogP contribution in [0.3, 0.4) is 0 Å². The number of aryl methyl sites for hydroxylation is 1. The number of benzene rings is 2. The van der Waals surface area contributed by atoms with Gasteiger partial charge in [0, 0.05) is 47.9 Å². The molecule has 1 aliphatic rings. The van der Waals surface area contributed by atoms with Crippen molar-refractivity contribution < 1.29 is 9.18 Å². The predicted molar refractivity (Wildman–Crippen MR) is 125 cm³/mol. The minimum atomic E-state index is -0.271. The van der Waals surface area contributed by atoms with Crippen LogP contribution in [0.5, 0.6) is 0 Å². The maximum atomic E-state index is 14.5. The van der Waals surface area contributed by atoms with Crippen LogP contribution < -0.4 is 4.90 Å². The molecule has 2 aromatic carbocycles. The Morgan fingerprint density at radius 2 is 1.88 bits per heavy atom. The van der Waals surface area contributed by atoms with Crippen LogP contribution in [0.25, 0.3) is 22.8 Å². The van der Waals surface area contributed by atoms with Crippen molar-refractivity contribution in [3.05, 3.63) is 83.6 Å². The molecule has 0 aliphatic carbocycles. The Labute approximate surface area is 191 Å². The maximum Gasteiger partial charge on any atom is 0.233 e. The lowest BCUT2D eigenvalue weighted by Crippen LogP contribution is -2.26. The van der Waals surface area contributed by atoms with Gasteiger partial charge in [-0.1, -0.05) is 50.2 Å². The number of fused-ring (bicyclic) bond motifs is 1.